The molecule has 1 amide bonds. The van der Waals surface area contributed by atoms with Crippen LogP contribution < -0.4 is 10.1 Å². The molecule has 0 atom stereocenters. The first kappa shape index (κ1) is 16.1. The standard InChI is InChI=1S/C18H17N3O2S/c1-2-23-15-7-4-3-6-13(15)18(22)21-12-14-17(20-10-9-19-14)16-8-5-11-24-16/h3-11H,2,12H2,1H3,(H,21,22). The molecule has 2 aromatic heterocycles. The van der Waals surface area contributed by atoms with Crippen LogP contribution in [0.5, 0.6) is 5.75 Å². The number of benzene rings is 1. The average Bonchev–Trinajstić information content (AvgIpc) is 3.15. The highest BCUT2D eigenvalue weighted by Crippen LogP contribution is 2.25. The average molecular weight is 339 g/mol. The zero-order chi connectivity index (χ0) is 16.8. The molecule has 6 heteroatoms. The maximum absolute atomic E-state index is 12.5. The van der Waals surface area contributed by atoms with Gasteiger partial charge in [0.2, 0.25) is 0 Å². The third kappa shape index (κ3) is 3.60. The van der Waals surface area contributed by atoms with Crippen LogP contribution in [0.2, 0.25) is 0 Å². The Kier molecular flexibility index (Phi) is 5.18. The van der Waals surface area contributed by atoms with Gasteiger partial charge in [0.15, 0.2) is 0 Å². The number of rotatable bonds is 6. The number of thiophene rings is 1. The topological polar surface area (TPSA) is 64.1 Å². The largest absolute Gasteiger partial charge is 0.493 e. The van der Waals surface area contributed by atoms with Crippen molar-refractivity contribution in [3.63, 3.8) is 0 Å². The van der Waals surface area contributed by atoms with Gasteiger partial charge >= 0.3 is 0 Å². The second-order valence-corrected chi connectivity index (χ2v) is 5.89. The van der Waals surface area contributed by atoms with Crippen molar-refractivity contribution in [2.24, 2.45) is 0 Å². The number of carbonyl (C=O) groups excluding carboxylic acids is 1. The van der Waals surface area contributed by atoms with Gasteiger partial charge < -0.3 is 10.1 Å². The molecule has 122 valence electrons. The minimum absolute atomic E-state index is 0.193. The highest BCUT2D eigenvalue weighted by Gasteiger charge is 2.14. The van der Waals surface area contributed by atoms with Crippen molar-refractivity contribution in [1.82, 2.24) is 15.3 Å². The Morgan fingerprint density at radius 2 is 2.00 bits per heavy atom. The van der Waals surface area contributed by atoms with Gasteiger partial charge in [-0.25, -0.2) is 0 Å². The quantitative estimate of drug-likeness (QED) is 0.746. The Hall–Kier alpha value is -2.73. The lowest BCUT2D eigenvalue weighted by Gasteiger charge is -2.11. The molecular formula is C18H17N3O2S. The molecule has 3 aromatic rings. The molecule has 0 saturated heterocycles. The van der Waals surface area contributed by atoms with Crippen LogP contribution in [0.1, 0.15) is 23.0 Å². The number of aromatic nitrogens is 2. The summed E-state index contributed by atoms with van der Waals surface area (Å²) in [5, 5.41) is 4.89. The summed E-state index contributed by atoms with van der Waals surface area (Å²) in [5.41, 5.74) is 2.05. The number of nitrogens with one attached hydrogen (secondary N) is 1. The first-order valence-electron chi connectivity index (χ1n) is 7.63. The predicted octanol–water partition coefficient (Wildman–Crippen LogP) is 3.53. The Morgan fingerprint density at radius 3 is 2.79 bits per heavy atom. The highest BCUT2D eigenvalue weighted by molar-refractivity contribution is 7.13. The van der Waals surface area contributed by atoms with Crippen molar-refractivity contribution < 1.29 is 9.53 Å². The van der Waals surface area contributed by atoms with Gasteiger partial charge in [0.05, 0.1) is 29.3 Å². The van der Waals surface area contributed by atoms with Crippen LogP contribution in [0.4, 0.5) is 0 Å². The van der Waals surface area contributed by atoms with E-state index in [1.54, 1.807) is 35.9 Å². The van der Waals surface area contributed by atoms with E-state index in [1.165, 1.54) is 0 Å². The Labute approximate surface area is 144 Å². The van der Waals surface area contributed by atoms with Gasteiger partial charge in [-0.2, -0.15) is 0 Å². The number of carbonyl (C=O) groups is 1. The molecule has 0 bridgehead atoms. The van der Waals surface area contributed by atoms with Crippen LogP contribution in [0, 0.1) is 0 Å². The monoisotopic (exact) mass is 339 g/mol. The second-order valence-electron chi connectivity index (χ2n) is 4.94. The molecular weight excluding hydrogens is 322 g/mol. The molecule has 5 nitrogen and oxygen atoms in total. The molecule has 0 spiro atoms. The van der Waals surface area contributed by atoms with E-state index in [0.717, 1.165) is 16.3 Å². The number of hydrogen-bond donors (Lipinski definition) is 1. The van der Waals surface area contributed by atoms with Gasteiger partial charge in [0.25, 0.3) is 5.91 Å². The minimum atomic E-state index is -0.193. The van der Waals surface area contributed by atoms with Crippen molar-refractivity contribution in [2.45, 2.75) is 13.5 Å². The molecule has 0 aliphatic heterocycles. The van der Waals surface area contributed by atoms with Gasteiger partial charge in [-0.15, -0.1) is 11.3 Å². The molecule has 0 aliphatic carbocycles. The Bertz CT molecular complexity index is 819. The zero-order valence-corrected chi connectivity index (χ0v) is 14.0. The van der Waals surface area contributed by atoms with Gasteiger partial charge in [-0.3, -0.25) is 14.8 Å². The van der Waals surface area contributed by atoms with Crippen LogP contribution in [-0.4, -0.2) is 22.5 Å². The third-order valence-electron chi connectivity index (χ3n) is 3.38. The molecule has 24 heavy (non-hydrogen) atoms. The van der Waals surface area contributed by atoms with Crippen LogP contribution in [0.15, 0.2) is 54.2 Å². The summed E-state index contributed by atoms with van der Waals surface area (Å²) in [5.74, 6) is 0.386. The van der Waals surface area contributed by atoms with Crippen LogP contribution in [-0.2, 0) is 6.54 Å². The van der Waals surface area contributed by atoms with E-state index in [-0.39, 0.29) is 5.91 Å². The second kappa shape index (κ2) is 7.70. The van der Waals surface area contributed by atoms with Gasteiger partial charge in [-0.05, 0) is 30.5 Å². The van der Waals surface area contributed by atoms with Crippen molar-refractivity contribution in [3.8, 4) is 16.3 Å². The van der Waals surface area contributed by atoms with Gasteiger partial charge in [0.1, 0.15) is 11.4 Å². The predicted molar refractivity (Wildman–Crippen MR) is 94.1 cm³/mol. The maximum Gasteiger partial charge on any atom is 0.255 e. The fourth-order valence-corrected chi connectivity index (χ4v) is 3.05. The number of ether oxygens (including phenoxy) is 1. The van der Waals surface area contributed by atoms with Crippen molar-refractivity contribution in [2.75, 3.05) is 6.61 Å². The number of nitrogens with zero attached hydrogens (tertiary/aromatic N) is 2. The number of hydrogen-bond acceptors (Lipinski definition) is 5. The summed E-state index contributed by atoms with van der Waals surface area (Å²) < 4.78 is 5.51. The Morgan fingerprint density at radius 1 is 1.17 bits per heavy atom. The molecule has 0 radical (unpaired) electrons. The normalized spacial score (nSPS) is 10.4. The molecule has 3 rings (SSSR count). The van der Waals surface area contributed by atoms with E-state index < -0.39 is 0 Å². The summed E-state index contributed by atoms with van der Waals surface area (Å²) >= 11 is 1.59. The number of amides is 1. The van der Waals surface area contributed by atoms with E-state index in [4.69, 9.17) is 4.74 Å². The van der Waals surface area contributed by atoms with E-state index in [9.17, 15) is 4.79 Å². The maximum atomic E-state index is 12.5. The SMILES string of the molecule is CCOc1ccccc1C(=O)NCc1nccnc1-c1cccs1. The van der Waals surface area contributed by atoms with Crippen molar-refractivity contribution in [1.29, 1.82) is 0 Å². The van der Waals surface area contributed by atoms with E-state index in [2.05, 4.69) is 15.3 Å². The molecule has 0 aliphatic rings. The van der Waals surface area contributed by atoms with Crippen LogP contribution in [0.3, 0.4) is 0 Å². The van der Waals surface area contributed by atoms with E-state index in [1.807, 2.05) is 36.6 Å². The first-order valence-corrected chi connectivity index (χ1v) is 8.51. The van der Waals surface area contributed by atoms with Crippen LogP contribution in [0.25, 0.3) is 10.6 Å². The van der Waals surface area contributed by atoms with Crippen molar-refractivity contribution >= 4 is 17.2 Å². The van der Waals surface area contributed by atoms with E-state index in [0.29, 0.717) is 24.5 Å². The lowest BCUT2D eigenvalue weighted by Crippen LogP contribution is -2.24. The van der Waals surface area contributed by atoms with Crippen LogP contribution >= 0.6 is 11.3 Å². The molecule has 0 unspecified atom stereocenters. The van der Waals surface area contributed by atoms with E-state index >= 15 is 0 Å². The highest BCUT2D eigenvalue weighted by atomic mass is 32.1. The summed E-state index contributed by atoms with van der Waals surface area (Å²) in [6.07, 6.45) is 3.29. The summed E-state index contributed by atoms with van der Waals surface area (Å²) in [4.78, 5) is 22.3. The summed E-state index contributed by atoms with van der Waals surface area (Å²) in [6.45, 7) is 2.71. The third-order valence-corrected chi connectivity index (χ3v) is 4.25. The Balaban J connectivity index is 1.76. The van der Waals surface area contributed by atoms with Gasteiger partial charge in [0, 0.05) is 12.4 Å². The molecule has 0 fully saturated rings. The number of para-hydroxylation sites is 1. The molecule has 2 heterocycles. The fourth-order valence-electron chi connectivity index (χ4n) is 2.31. The minimum Gasteiger partial charge on any atom is -0.493 e. The van der Waals surface area contributed by atoms with Crippen molar-refractivity contribution in [3.05, 3.63) is 65.4 Å². The molecule has 1 aromatic carbocycles. The summed E-state index contributed by atoms with van der Waals surface area (Å²) in [7, 11) is 0. The first-order chi connectivity index (χ1) is 11.8. The lowest BCUT2D eigenvalue weighted by molar-refractivity contribution is 0.0946. The van der Waals surface area contributed by atoms with Gasteiger partial charge in [-0.1, -0.05) is 18.2 Å². The molecule has 1 N–H and O–H groups in total. The fraction of sp³-hybridized carbons (Fsp3) is 0.167. The molecule has 0 saturated carbocycles. The zero-order valence-electron chi connectivity index (χ0n) is 13.2. The lowest BCUT2D eigenvalue weighted by atomic mass is 10.2. The smallest absolute Gasteiger partial charge is 0.255 e. The summed E-state index contributed by atoms with van der Waals surface area (Å²) in [6, 6.07) is 11.2.